The monoisotopic (exact) mass is 853 g/mol. The highest BCUT2D eigenvalue weighted by Gasteiger charge is 2.28. The Balaban J connectivity index is 0.887. The quantitative estimate of drug-likeness (QED) is 0.104. The average molecular weight is 854 g/mol. The number of aromatic nitrogens is 10. The van der Waals surface area contributed by atoms with Crippen LogP contribution in [0.5, 0.6) is 23.0 Å². The third-order valence-electron chi connectivity index (χ3n) is 11.0. The second kappa shape index (κ2) is 16.8. The molecule has 1 saturated heterocycles. The number of H-pyrrole nitrogens is 2. The summed E-state index contributed by atoms with van der Waals surface area (Å²) in [6.07, 6.45) is 11.1. The van der Waals surface area contributed by atoms with Gasteiger partial charge in [-0.3, -0.25) is 19.6 Å². The Kier molecular flexibility index (Phi) is 10.9. The van der Waals surface area contributed by atoms with Gasteiger partial charge in [-0.25, -0.2) is 27.5 Å². The molecule has 0 unspecified atom stereocenters. The first-order valence-corrected chi connectivity index (χ1v) is 19.6. The molecule has 0 spiro atoms. The first-order chi connectivity index (χ1) is 30.2. The molecule has 62 heavy (non-hydrogen) atoms. The van der Waals surface area contributed by atoms with Crippen molar-refractivity contribution in [2.45, 2.75) is 38.3 Å². The molecular formula is C42H39F4N11O5. The SMILES string of the molecule is COc1cc(OC)c(F)c(Cc2n[nH]c3ncc(-c4cnn(C5CCN(Oc6cc(OC)c(F)c(Cc7n[nH]c8ncc(-c9cnn(CCO)c9)cc78)c6F)CC5)c4)cc23)c1F. The normalized spacial score (nSPS) is 13.7. The lowest BCUT2D eigenvalue weighted by molar-refractivity contribution is -0.0838. The molecule has 1 fully saturated rings. The fourth-order valence-electron chi connectivity index (χ4n) is 7.69. The number of halogens is 4. The van der Waals surface area contributed by atoms with Crippen molar-refractivity contribution < 1.29 is 41.7 Å². The minimum atomic E-state index is -0.877. The summed E-state index contributed by atoms with van der Waals surface area (Å²) in [5.41, 5.74) is 4.09. The maximum absolute atomic E-state index is 16.2. The molecule has 20 heteroatoms. The van der Waals surface area contributed by atoms with E-state index in [1.165, 1.54) is 27.4 Å². The zero-order chi connectivity index (χ0) is 43.1. The van der Waals surface area contributed by atoms with E-state index in [9.17, 15) is 5.11 Å². The van der Waals surface area contributed by atoms with Crippen LogP contribution < -0.4 is 19.0 Å². The Hall–Kier alpha value is -7.06. The molecule has 1 aliphatic rings. The number of hydrogen-bond donors (Lipinski definition) is 3. The summed E-state index contributed by atoms with van der Waals surface area (Å²) < 4.78 is 81.3. The van der Waals surface area contributed by atoms with E-state index in [2.05, 4.69) is 40.6 Å². The van der Waals surface area contributed by atoms with E-state index in [1.807, 2.05) is 23.0 Å². The topological polar surface area (TPSA) is 179 Å². The van der Waals surface area contributed by atoms with Gasteiger partial charge in [0.25, 0.3) is 0 Å². The van der Waals surface area contributed by atoms with Crippen molar-refractivity contribution in [1.29, 1.82) is 0 Å². The number of hydroxylamine groups is 2. The summed E-state index contributed by atoms with van der Waals surface area (Å²) in [6, 6.07) is 6.00. The highest BCUT2D eigenvalue weighted by Crippen LogP contribution is 2.37. The summed E-state index contributed by atoms with van der Waals surface area (Å²) in [6.45, 7) is 1.10. The van der Waals surface area contributed by atoms with Crippen LogP contribution in [-0.4, -0.2) is 101 Å². The number of nitrogens with one attached hydrogen (secondary N) is 2. The lowest BCUT2D eigenvalue weighted by atomic mass is 10.0. The lowest BCUT2D eigenvalue weighted by Crippen LogP contribution is -2.37. The smallest absolute Gasteiger partial charge is 0.187 e. The molecule has 0 aliphatic carbocycles. The molecule has 1 aliphatic heterocycles. The molecule has 7 heterocycles. The van der Waals surface area contributed by atoms with E-state index >= 15 is 17.6 Å². The first kappa shape index (κ1) is 40.4. The molecule has 320 valence electrons. The average Bonchev–Trinajstić information content (AvgIpc) is 4.13. The van der Waals surface area contributed by atoms with Gasteiger partial charge < -0.3 is 24.2 Å². The number of piperidine rings is 1. The third kappa shape index (κ3) is 7.51. The summed E-state index contributed by atoms with van der Waals surface area (Å²) in [4.78, 5) is 15.0. The number of fused-ring (bicyclic) bond motifs is 2. The third-order valence-corrected chi connectivity index (χ3v) is 11.0. The minimum Gasteiger partial charge on any atom is -0.494 e. The van der Waals surface area contributed by atoms with Gasteiger partial charge in [0.1, 0.15) is 0 Å². The molecule has 0 bridgehead atoms. The van der Waals surface area contributed by atoms with Crippen LogP contribution in [0.15, 0.2) is 61.4 Å². The summed E-state index contributed by atoms with van der Waals surface area (Å²) >= 11 is 0. The van der Waals surface area contributed by atoms with E-state index in [-0.39, 0.29) is 59.6 Å². The van der Waals surface area contributed by atoms with Crippen LogP contribution in [0.2, 0.25) is 0 Å². The summed E-state index contributed by atoms with van der Waals surface area (Å²) in [5, 5.41) is 35.2. The van der Waals surface area contributed by atoms with Crippen molar-refractivity contribution in [3.8, 4) is 45.3 Å². The fourth-order valence-corrected chi connectivity index (χ4v) is 7.69. The van der Waals surface area contributed by atoms with E-state index in [0.717, 1.165) is 28.3 Å². The molecule has 2 aromatic carbocycles. The number of aliphatic hydroxyl groups excluding tert-OH is 1. The number of benzene rings is 2. The predicted molar refractivity (Wildman–Crippen MR) is 216 cm³/mol. The van der Waals surface area contributed by atoms with E-state index in [0.29, 0.717) is 65.9 Å². The highest BCUT2D eigenvalue weighted by atomic mass is 19.1. The number of aromatic amines is 2. The lowest BCUT2D eigenvalue weighted by Gasteiger charge is -2.31. The molecule has 3 N–H and O–H groups in total. The van der Waals surface area contributed by atoms with Crippen molar-refractivity contribution in [3.05, 3.63) is 107 Å². The Morgan fingerprint density at radius 2 is 1.15 bits per heavy atom. The molecule has 8 aromatic rings. The summed E-state index contributed by atoms with van der Waals surface area (Å²) in [7, 11) is 3.88. The largest absolute Gasteiger partial charge is 0.494 e. The molecule has 0 atom stereocenters. The zero-order valence-corrected chi connectivity index (χ0v) is 33.6. The standard InChI is InChI=1S/C42H39F4N11O5/c1-59-33-14-34(60-2)38(44)29(37(33)43)12-31-28-11-23(17-48-42(28)54-51-31)25-19-50-57(21-25)26-4-6-56(7-5-26)62-36-15-35(61-3)39(45)30(40(36)46)13-32-27-10-22(16-47-41(27)53-52-32)24-18-49-55(20-24)8-9-58/h10-11,14-21,26,58H,4-9,12-13H2,1-3H3,(H,47,52,53)(H,48,51,54). The van der Waals surface area contributed by atoms with E-state index < -0.39 is 23.3 Å². The summed E-state index contributed by atoms with van der Waals surface area (Å²) in [5.74, 6) is -4.10. The number of rotatable bonds is 14. The van der Waals surface area contributed by atoms with Gasteiger partial charge in [-0.1, -0.05) is 0 Å². The van der Waals surface area contributed by atoms with Crippen LogP contribution in [-0.2, 0) is 19.4 Å². The van der Waals surface area contributed by atoms with Gasteiger partial charge in [0.2, 0.25) is 0 Å². The van der Waals surface area contributed by atoms with Crippen molar-refractivity contribution in [1.82, 2.24) is 55.0 Å². The van der Waals surface area contributed by atoms with Crippen LogP contribution in [0.4, 0.5) is 17.6 Å². The van der Waals surface area contributed by atoms with E-state index in [4.69, 9.17) is 19.0 Å². The maximum Gasteiger partial charge on any atom is 0.187 e. The second-order valence-electron chi connectivity index (χ2n) is 14.7. The van der Waals surface area contributed by atoms with Crippen molar-refractivity contribution in [2.75, 3.05) is 41.0 Å². The fraction of sp³-hybridized carbons (Fsp3) is 0.286. The van der Waals surface area contributed by atoms with Gasteiger partial charge in [0.05, 0.1) is 64.3 Å². The molecule has 0 amide bonds. The predicted octanol–water partition coefficient (Wildman–Crippen LogP) is 6.34. The van der Waals surface area contributed by atoms with Gasteiger partial charge >= 0.3 is 0 Å². The zero-order valence-electron chi connectivity index (χ0n) is 33.6. The van der Waals surface area contributed by atoms with Gasteiger partial charge in [-0.05, 0) is 25.0 Å². The van der Waals surface area contributed by atoms with Crippen LogP contribution in [0.3, 0.4) is 0 Å². The van der Waals surface area contributed by atoms with Crippen molar-refractivity contribution >= 4 is 22.1 Å². The molecule has 16 nitrogen and oxygen atoms in total. The first-order valence-electron chi connectivity index (χ1n) is 19.6. The van der Waals surface area contributed by atoms with Gasteiger partial charge in [0, 0.05) is 107 Å². The number of nitrogens with zero attached hydrogens (tertiary/aromatic N) is 9. The van der Waals surface area contributed by atoms with Crippen molar-refractivity contribution in [3.63, 3.8) is 0 Å². The van der Waals surface area contributed by atoms with Crippen LogP contribution in [0.1, 0.15) is 41.4 Å². The Morgan fingerprint density at radius 1 is 0.645 bits per heavy atom. The number of pyridine rings is 2. The minimum absolute atomic E-state index is 0.0163. The number of ether oxygens (including phenoxy) is 3. The Labute approximate surface area is 350 Å². The maximum atomic E-state index is 16.2. The molecule has 9 rings (SSSR count). The number of aliphatic hydroxyl groups is 1. The van der Waals surface area contributed by atoms with Gasteiger partial charge in [-0.2, -0.15) is 20.4 Å². The van der Waals surface area contributed by atoms with E-state index in [1.54, 1.807) is 40.7 Å². The van der Waals surface area contributed by atoms with Crippen LogP contribution >= 0.6 is 0 Å². The Morgan fingerprint density at radius 3 is 1.68 bits per heavy atom. The molecule has 0 radical (unpaired) electrons. The van der Waals surface area contributed by atoms with Crippen molar-refractivity contribution in [2.24, 2.45) is 0 Å². The van der Waals surface area contributed by atoms with Gasteiger partial charge in [-0.15, -0.1) is 5.06 Å². The van der Waals surface area contributed by atoms with Gasteiger partial charge in [0.15, 0.2) is 57.6 Å². The Bertz CT molecular complexity index is 2890. The molecular weight excluding hydrogens is 815 g/mol. The van der Waals surface area contributed by atoms with Crippen LogP contribution in [0, 0.1) is 23.3 Å². The molecule has 0 saturated carbocycles. The number of hydrogen-bond acceptors (Lipinski definition) is 12. The molecule has 6 aromatic heterocycles. The number of methoxy groups -OCH3 is 3. The van der Waals surface area contributed by atoms with Crippen LogP contribution in [0.25, 0.3) is 44.3 Å². The second-order valence-corrected chi connectivity index (χ2v) is 14.7. The highest BCUT2D eigenvalue weighted by molar-refractivity contribution is 5.84.